The first kappa shape index (κ1) is 20.5. The van der Waals surface area contributed by atoms with E-state index in [-0.39, 0.29) is 5.91 Å². The Balaban J connectivity index is 1.47. The third-order valence-electron chi connectivity index (χ3n) is 5.41. The van der Waals surface area contributed by atoms with Crippen molar-refractivity contribution in [2.75, 3.05) is 0 Å². The number of carbonyl (C=O) groups is 1. The van der Waals surface area contributed by atoms with Crippen LogP contribution in [0.5, 0.6) is 0 Å². The van der Waals surface area contributed by atoms with Crippen molar-refractivity contribution >= 4 is 5.91 Å². The van der Waals surface area contributed by atoms with Gasteiger partial charge in [-0.3, -0.25) is 4.79 Å². The van der Waals surface area contributed by atoms with E-state index in [2.05, 4.69) is 63.1 Å². The molecule has 0 aliphatic rings. The molecule has 3 heterocycles. The van der Waals surface area contributed by atoms with Crippen LogP contribution < -0.4 is 5.32 Å². The van der Waals surface area contributed by atoms with Crippen LogP contribution in [0.4, 0.5) is 0 Å². The summed E-state index contributed by atoms with van der Waals surface area (Å²) < 4.78 is 3.71. The molecule has 3 aromatic heterocycles. The van der Waals surface area contributed by atoms with Gasteiger partial charge in [0.1, 0.15) is 12.7 Å². The van der Waals surface area contributed by atoms with E-state index in [1.165, 1.54) is 11.9 Å². The zero-order valence-electron chi connectivity index (χ0n) is 18.2. The van der Waals surface area contributed by atoms with E-state index in [0.717, 1.165) is 22.6 Å². The van der Waals surface area contributed by atoms with Crippen LogP contribution in [0.1, 0.15) is 52.6 Å². The van der Waals surface area contributed by atoms with Gasteiger partial charge in [-0.25, -0.2) is 14.6 Å². The fourth-order valence-corrected chi connectivity index (χ4v) is 3.66. The highest BCUT2D eigenvalue weighted by molar-refractivity contribution is 5.95. The van der Waals surface area contributed by atoms with Crippen LogP contribution in [0.15, 0.2) is 61.3 Å². The number of hydrogen-bond acceptors (Lipinski definition) is 4. The Morgan fingerprint density at radius 1 is 1.10 bits per heavy atom. The zero-order chi connectivity index (χ0) is 22.0. The van der Waals surface area contributed by atoms with E-state index in [0.29, 0.717) is 23.8 Å². The zero-order valence-corrected chi connectivity index (χ0v) is 18.2. The molecule has 7 nitrogen and oxygen atoms in total. The van der Waals surface area contributed by atoms with Crippen molar-refractivity contribution in [2.24, 2.45) is 0 Å². The molecule has 4 rings (SSSR count). The second kappa shape index (κ2) is 8.55. The quantitative estimate of drug-likeness (QED) is 0.515. The smallest absolute Gasteiger partial charge is 0.253 e. The summed E-state index contributed by atoms with van der Waals surface area (Å²) in [5.74, 6) is 1.07. The third kappa shape index (κ3) is 4.26. The molecule has 0 aliphatic heterocycles. The van der Waals surface area contributed by atoms with Crippen molar-refractivity contribution in [1.82, 2.24) is 29.6 Å². The molecule has 0 unspecified atom stereocenters. The molecular formula is C24H26N6O. The van der Waals surface area contributed by atoms with Gasteiger partial charge in [0.2, 0.25) is 0 Å². The predicted octanol–water partition coefficient (Wildman–Crippen LogP) is 4.12. The van der Waals surface area contributed by atoms with E-state index < -0.39 is 0 Å². The molecule has 0 spiro atoms. The van der Waals surface area contributed by atoms with Crippen LogP contribution >= 0.6 is 0 Å². The standard InChI is InChI=1S/C24H26N6O/c1-16(2)20-6-8-21(9-7-20)30-17(3)11-22(18(30)4)24(31)27-13-19-5-10-23(26-12-19)29-15-25-14-28-29/h5-12,14-16H,13H2,1-4H3,(H,27,31). The van der Waals surface area contributed by atoms with Crippen molar-refractivity contribution in [3.05, 3.63) is 89.4 Å². The molecular weight excluding hydrogens is 388 g/mol. The minimum absolute atomic E-state index is 0.0986. The van der Waals surface area contributed by atoms with Gasteiger partial charge < -0.3 is 9.88 Å². The number of nitrogens with zero attached hydrogens (tertiary/aromatic N) is 5. The highest BCUT2D eigenvalue weighted by atomic mass is 16.1. The van der Waals surface area contributed by atoms with E-state index in [1.54, 1.807) is 17.2 Å². The lowest BCUT2D eigenvalue weighted by Crippen LogP contribution is -2.23. The van der Waals surface area contributed by atoms with Crippen molar-refractivity contribution in [1.29, 1.82) is 0 Å². The highest BCUT2D eigenvalue weighted by Crippen LogP contribution is 2.23. The number of benzene rings is 1. The third-order valence-corrected chi connectivity index (χ3v) is 5.41. The van der Waals surface area contributed by atoms with E-state index in [1.807, 2.05) is 32.0 Å². The molecule has 1 amide bonds. The summed E-state index contributed by atoms with van der Waals surface area (Å²) in [6.07, 6.45) is 4.79. The fraction of sp³-hybridized carbons (Fsp3) is 0.250. The Hall–Kier alpha value is -3.74. The summed E-state index contributed by atoms with van der Waals surface area (Å²) in [6, 6.07) is 14.2. The maximum atomic E-state index is 12.9. The van der Waals surface area contributed by atoms with E-state index in [4.69, 9.17) is 0 Å². The minimum Gasteiger partial charge on any atom is -0.348 e. The minimum atomic E-state index is -0.0986. The lowest BCUT2D eigenvalue weighted by Gasteiger charge is -2.12. The normalized spacial score (nSPS) is 11.1. The molecule has 7 heteroatoms. The first-order valence-electron chi connectivity index (χ1n) is 10.3. The summed E-state index contributed by atoms with van der Waals surface area (Å²) >= 11 is 0. The first-order chi connectivity index (χ1) is 14.9. The number of pyridine rings is 1. The SMILES string of the molecule is Cc1cc(C(=O)NCc2ccc(-n3cncn3)nc2)c(C)n1-c1ccc(C(C)C)cc1. The number of aryl methyl sites for hydroxylation is 1. The molecule has 0 fully saturated rings. The maximum Gasteiger partial charge on any atom is 0.253 e. The summed E-state index contributed by atoms with van der Waals surface area (Å²) in [6.45, 7) is 8.76. The van der Waals surface area contributed by atoms with Gasteiger partial charge in [-0.1, -0.05) is 32.0 Å². The topological polar surface area (TPSA) is 77.6 Å². The molecule has 4 aromatic rings. The molecule has 31 heavy (non-hydrogen) atoms. The van der Waals surface area contributed by atoms with Gasteiger partial charge in [0, 0.05) is 29.8 Å². The highest BCUT2D eigenvalue weighted by Gasteiger charge is 2.17. The van der Waals surface area contributed by atoms with Crippen molar-refractivity contribution in [2.45, 2.75) is 40.2 Å². The summed E-state index contributed by atoms with van der Waals surface area (Å²) in [7, 11) is 0. The van der Waals surface area contributed by atoms with Gasteiger partial charge >= 0.3 is 0 Å². The Labute approximate surface area is 181 Å². The average molecular weight is 415 g/mol. The van der Waals surface area contributed by atoms with Crippen LogP contribution in [0.25, 0.3) is 11.5 Å². The predicted molar refractivity (Wildman–Crippen MR) is 120 cm³/mol. The van der Waals surface area contributed by atoms with Gasteiger partial charge in [0.05, 0.1) is 5.56 Å². The van der Waals surface area contributed by atoms with Crippen LogP contribution in [0, 0.1) is 13.8 Å². The monoisotopic (exact) mass is 414 g/mol. The van der Waals surface area contributed by atoms with E-state index >= 15 is 0 Å². The fourth-order valence-electron chi connectivity index (χ4n) is 3.66. The molecule has 0 saturated heterocycles. The van der Waals surface area contributed by atoms with Crippen LogP contribution in [-0.4, -0.2) is 30.2 Å². The van der Waals surface area contributed by atoms with Gasteiger partial charge in [-0.05, 0) is 55.2 Å². The van der Waals surface area contributed by atoms with Gasteiger partial charge in [0.15, 0.2) is 5.82 Å². The van der Waals surface area contributed by atoms with Crippen LogP contribution in [-0.2, 0) is 6.54 Å². The molecule has 0 bridgehead atoms. The van der Waals surface area contributed by atoms with Crippen molar-refractivity contribution in [3.63, 3.8) is 0 Å². The number of carbonyl (C=O) groups excluding carboxylic acids is 1. The van der Waals surface area contributed by atoms with E-state index in [9.17, 15) is 4.79 Å². The Morgan fingerprint density at radius 2 is 1.87 bits per heavy atom. The maximum absolute atomic E-state index is 12.9. The number of rotatable bonds is 6. The molecule has 0 radical (unpaired) electrons. The molecule has 0 aliphatic carbocycles. The van der Waals surface area contributed by atoms with Gasteiger partial charge in [-0.15, -0.1) is 0 Å². The lowest BCUT2D eigenvalue weighted by molar-refractivity contribution is 0.0950. The van der Waals surface area contributed by atoms with Crippen molar-refractivity contribution in [3.8, 4) is 11.5 Å². The largest absolute Gasteiger partial charge is 0.348 e. The Morgan fingerprint density at radius 3 is 2.48 bits per heavy atom. The molecule has 158 valence electrons. The van der Waals surface area contributed by atoms with Crippen LogP contribution in [0.2, 0.25) is 0 Å². The lowest BCUT2D eigenvalue weighted by atomic mass is 10.0. The average Bonchev–Trinajstić information content (AvgIpc) is 3.41. The Kier molecular flexibility index (Phi) is 5.66. The number of hydrogen-bond donors (Lipinski definition) is 1. The van der Waals surface area contributed by atoms with Gasteiger partial charge in [-0.2, -0.15) is 5.10 Å². The number of aromatic nitrogens is 5. The molecule has 0 saturated carbocycles. The molecule has 0 atom stereocenters. The van der Waals surface area contributed by atoms with Crippen LogP contribution in [0.3, 0.4) is 0 Å². The number of amides is 1. The summed E-state index contributed by atoms with van der Waals surface area (Å²) in [4.78, 5) is 21.2. The molecule has 1 N–H and O–H groups in total. The first-order valence-corrected chi connectivity index (χ1v) is 10.3. The second-order valence-electron chi connectivity index (χ2n) is 7.91. The van der Waals surface area contributed by atoms with Gasteiger partial charge in [0.25, 0.3) is 5.91 Å². The van der Waals surface area contributed by atoms with Crippen molar-refractivity contribution < 1.29 is 4.79 Å². The summed E-state index contributed by atoms with van der Waals surface area (Å²) in [5.41, 5.74) is 5.90. The number of nitrogens with one attached hydrogen (secondary N) is 1. The second-order valence-corrected chi connectivity index (χ2v) is 7.91. The molecule has 1 aromatic carbocycles. The Bertz CT molecular complexity index is 1170. The summed E-state index contributed by atoms with van der Waals surface area (Å²) in [5, 5.41) is 7.06.